The fraction of sp³-hybridized carbons (Fsp3) is 0.455. The minimum absolute atomic E-state index is 0.0361. The molecular weight excluding hydrogens is 194 g/mol. The van der Waals surface area contributed by atoms with Crippen LogP contribution in [0, 0.1) is 0 Å². The molecule has 15 heavy (non-hydrogen) atoms. The lowest BCUT2D eigenvalue weighted by Gasteiger charge is -2.09. The van der Waals surface area contributed by atoms with E-state index in [1.165, 1.54) is 0 Å². The van der Waals surface area contributed by atoms with Gasteiger partial charge in [0, 0.05) is 6.04 Å². The highest BCUT2D eigenvalue weighted by atomic mass is 16.7. The van der Waals surface area contributed by atoms with Crippen LogP contribution in [0.3, 0.4) is 0 Å². The molecule has 1 aliphatic heterocycles. The third-order valence-electron chi connectivity index (χ3n) is 2.17. The van der Waals surface area contributed by atoms with Gasteiger partial charge in [0.15, 0.2) is 11.5 Å². The van der Waals surface area contributed by atoms with Crippen molar-refractivity contribution >= 4 is 0 Å². The molecule has 0 amide bonds. The van der Waals surface area contributed by atoms with E-state index < -0.39 is 7.04 Å². The minimum atomic E-state index is -2.52. The van der Waals surface area contributed by atoms with E-state index >= 15 is 0 Å². The van der Waals surface area contributed by atoms with Gasteiger partial charge in [-0.1, -0.05) is 0 Å². The van der Waals surface area contributed by atoms with Gasteiger partial charge in [-0.15, -0.1) is 0 Å². The average molecular weight is 212 g/mol. The molecule has 4 nitrogen and oxygen atoms in total. The number of hydrogen-bond acceptors (Lipinski definition) is 4. The van der Waals surface area contributed by atoms with Crippen molar-refractivity contribution in [3.63, 3.8) is 0 Å². The molecule has 0 bridgehead atoms. The van der Waals surface area contributed by atoms with Crippen LogP contribution < -0.4 is 19.9 Å². The molecule has 2 N–H and O–H groups in total. The van der Waals surface area contributed by atoms with Crippen LogP contribution in [0.25, 0.3) is 0 Å². The van der Waals surface area contributed by atoms with Gasteiger partial charge in [0.25, 0.3) is 0 Å². The first-order chi connectivity index (χ1) is 8.35. The van der Waals surface area contributed by atoms with E-state index in [0.717, 1.165) is 5.56 Å². The number of benzene rings is 1. The molecule has 2 rings (SSSR count). The van der Waals surface area contributed by atoms with E-state index in [4.69, 9.17) is 24.1 Å². The third-order valence-corrected chi connectivity index (χ3v) is 2.17. The standard InChI is InChI=1S/C11H15NO3/c1-7(12)3-8-4-9(13-2)11-10(5-8)14-6-15-11/h4-5,7H,3,6,12H2,1-2H3/i2D3. The van der Waals surface area contributed by atoms with Gasteiger partial charge in [0.05, 0.1) is 11.2 Å². The maximum absolute atomic E-state index is 7.13. The van der Waals surface area contributed by atoms with Crippen molar-refractivity contribution in [1.29, 1.82) is 0 Å². The van der Waals surface area contributed by atoms with Crippen molar-refractivity contribution in [2.75, 3.05) is 13.8 Å². The maximum atomic E-state index is 7.13. The molecule has 1 heterocycles. The SMILES string of the molecule is [2H]C([2H])([2H])Oc1cc(CC(C)N)cc2c1OCO2. The largest absolute Gasteiger partial charge is 0.493 e. The third kappa shape index (κ3) is 1.99. The maximum Gasteiger partial charge on any atom is 0.231 e. The number of ether oxygens (including phenoxy) is 3. The lowest BCUT2D eigenvalue weighted by Crippen LogP contribution is -2.17. The number of fused-ring (bicyclic) bond motifs is 1. The van der Waals surface area contributed by atoms with Crippen molar-refractivity contribution in [2.24, 2.45) is 5.73 Å². The number of nitrogens with two attached hydrogens (primary N) is 1. The summed E-state index contributed by atoms with van der Waals surface area (Å²) in [6.07, 6.45) is 0.605. The van der Waals surface area contributed by atoms with Gasteiger partial charge in [-0.05, 0) is 31.0 Å². The number of hydrogen-bond donors (Lipinski definition) is 1. The lowest BCUT2D eigenvalue weighted by atomic mass is 10.1. The van der Waals surface area contributed by atoms with E-state index in [-0.39, 0.29) is 18.6 Å². The first-order valence-electron chi connectivity index (χ1n) is 6.22. The first-order valence-corrected chi connectivity index (χ1v) is 4.72. The lowest BCUT2D eigenvalue weighted by molar-refractivity contribution is 0.171. The van der Waals surface area contributed by atoms with Gasteiger partial charge in [0.2, 0.25) is 12.5 Å². The van der Waals surface area contributed by atoms with Crippen LogP contribution in [0.1, 0.15) is 16.6 Å². The Balaban J connectivity index is 2.34. The van der Waals surface area contributed by atoms with Gasteiger partial charge in [-0.2, -0.15) is 0 Å². The normalized spacial score (nSPS) is 18.9. The monoisotopic (exact) mass is 212 g/mol. The molecule has 1 aromatic rings. The molecule has 0 radical (unpaired) electrons. The van der Waals surface area contributed by atoms with Crippen molar-refractivity contribution < 1.29 is 18.3 Å². The highest BCUT2D eigenvalue weighted by Gasteiger charge is 2.20. The first kappa shape index (κ1) is 6.95. The van der Waals surface area contributed by atoms with E-state index in [1.807, 2.05) is 6.92 Å². The molecule has 0 saturated carbocycles. The Labute approximate surface area is 93.1 Å². The fourth-order valence-corrected chi connectivity index (χ4v) is 1.60. The van der Waals surface area contributed by atoms with Crippen molar-refractivity contribution in [1.82, 2.24) is 0 Å². The Morgan fingerprint density at radius 2 is 2.47 bits per heavy atom. The molecule has 1 atom stereocenters. The van der Waals surface area contributed by atoms with Crippen LogP contribution in [0.5, 0.6) is 17.2 Å². The highest BCUT2D eigenvalue weighted by Crippen LogP contribution is 2.41. The Kier molecular flexibility index (Phi) is 1.85. The molecule has 1 unspecified atom stereocenters. The minimum Gasteiger partial charge on any atom is -0.493 e. The van der Waals surface area contributed by atoms with E-state index in [2.05, 4.69) is 0 Å². The Bertz CT molecular complexity index is 446. The Morgan fingerprint density at radius 1 is 1.60 bits per heavy atom. The molecule has 0 aliphatic carbocycles. The second-order valence-electron chi connectivity index (χ2n) is 3.61. The van der Waals surface area contributed by atoms with Gasteiger partial charge in [-0.3, -0.25) is 0 Å². The van der Waals surface area contributed by atoms with Crippen LogP contribution in [0.15, 0.2) is 12.1 Å². The Hall–Kier alpha value is -1.42. The quantitative estimate of drug-likeness (QED) is 0.820. The topological polar surface area (TPSA) is 53.7 Å². The molecule has 0 aromatic heterocycles. The van der Waals surface area contributed by atoms with Gasteiger partial charge in [0.1, 0.15) is 0 Å². The van der Waals surface area contributed by atoms with E-state index in [0.29, 0.717) is 17.9 Å². The molecule has 0 spiro atoms. The van der Waals surface area contributed by atoms with Crippen LogP contribution >= 0.6 is 0 Å². The van der Waals surface area contributed by atoms with Crippen LogP contribution in [-0.2, 0) is 6.42 Å². The predicted octanol–water partition coefficient (Wildman–Crippen LogP) is 1.31. The van der Waals surface area contributed by atoms with Gasteiger partial charge in [-0.25, -0.2) is 0 Å². The van der Waals surface area contributed by atoms with Crippen molar-refractivity contribution in [3.8, 4) is 17.2 Å². The summed E-state index contributed by atoms with van der Waals surface area (Å²) in [6.45, 7) is 1.93. The summed E-state index contributed by atoms with van der Waals surface area (Å²) in [7, 11) is -2.52. The zero-order valence-corrected chi connectivity index (χ0v) is 8.45. The van der Waals surface area contributed by atoms with Gasteiger partial charge >= 0.3 is 0 Å². The molecule has 1 aromatic carbocycles. The van der Waals surface area contributed by atoms with E-state index in [9.17, 15) is 0 Å². The predicted molar refractivity (Wildman–Crippen MR) is 56.5 cm³/mol. The Morgan fingerprint density at radius 3 is 3.20 bits per heavy atom. The number of methoxy groups -OCH3 is 1. The van der Waals surface area contributed by atoms with Gasteiger partial charge < -0.3 is 19.9 Å². The summed E-state index contributed by atoms with van der Waals surface area (Å²) < 4.78 is 36.8. The van der Waals surface area contributed by atoms with Crippen molar-refractivity contribution in [2.45, 2.75) is 19.4 Å². The van der Waals surface area contributed by atoms with Crippen LogP contribution in [-0.4, -0.2) is 19.9 Å². The molecular formula is C11H15NO3. The second kappa shape index (κ2) is 3.98. The van der Waals surface area contributed by atoms with Crippen LogP contribution in [0.4, 0.5) is 0 Å². The molecule has 4 heteroatoms. The fourth-order valence-electron chi connectivity index (χ4n) is 1.60. The summed E-state index contributed by atoms with van der Waals surface area (Å²) in [6, 6.07) is 3.38. The summed E-state index contributed by atoms with van der Waals surface area (Å²) in [4.78, 5) is 0. The molecule has 0 saturated heterocycles. The summed E-state index contributed by atoms with van der Waals surface area (Å²) in [5.41, 5.74) is 6.58. The number of rotatable bonds is 3. The van der Waals surface area contributed by atoms with E-state index in [1.54, 1.807) is 12.1 Å². The molecule has 0 fully saturated rings. The molecule has 82 valence electrons. The van der Waals surface area contributed by atoms with Crippen molar-refractivity contribution in [3.05, 3.63) is 17.7 Å². The summed E-state index contributed by atoms with van der Waals surface area (Å²) in [5.74, 6) is 0.993. The zero-order chi connectivity index (χ0) is 13.3. The highest BCUT2D eigenvalue weighted by molar-refractivity contribution is 5.55. The summed E-state index contributed by atoms with van der Waals surface area (Å²) >= 11 is 0. The average Bonchev–Trinajstić information content (AvgIpc) is 2.61. The molecule has 1 aliphatic rings. The zero-order valence-electron chi connectivity index (χ0n) is 11.4. The second-order valence-corrected chi connectivity index (χ2v) is 3.61. The van der Waals surface area contributed by atoms with Crippen LogP contribution in [0.2, 0.25) is 0 Å². The summed E-state index contributed by atoms with van der Waals surface area (Å²) in [5, 5.41) is 0. The smallest absolute Gasteiger partial charge is 0.231 e.